The van der Waals surface area contributed by atoms with Gasteiger partial charge in [-0.05, 0) is 36.6 Å². The van der Waals surface area contributed by atoms with Crippen LogP contribution in [0.1, 0.15) is 50.7 Å². The molecule has 7 heteroatoms. The molecule has 1 heterocycles. The lowest BCUT2D eigenvalue weighted by molar-refractivity contribution is -0.132. The molecule has 1 aromatic heterocycles. The number of aromatic nitrogens is 1. The summed E-state index contributed by atoms with van der Waals surface area (Å²) in [6.45, 7) is 7.00. The minimum Gasteiger partial charge on any atom is -0.426 e. The van der Waals surface area contributed by atoms with Crippen molar-refractivity contribution in [3.05, 3.63) is 53.7 Å². The maximum absolute atomic E-state index is 12.8. The van der Waals surface area contributed by atoms with Crippen LogP contribution in [0, 0.1) is 0 Å². The van der Waals surface area contributed by atoms with Crippen molar-refractivity contribution in [2.24, 2.45) is 4.36 Å². The van der Waals surface area contributed by atoms with Crippen molar-refractivity contribution < 1.29 is 18.5 Å². The molecule has 0 aliphatic rings. The van der Waals surface area contributed by atoms with E-state index in [9.17, 15) is 13.8 Å². The van der Waals surface area contributed by atoms with Crippen molar-refractivity contribution >= 4 is 21.6 Å². The van der Waals surface area contributed by atoms with Gasteiger partial charge in [-0.1, -0.05) is 32.0 Å². The Morgan fingerprint density at radius 1 is 1.15 bits per heavy atom. The van der Waals surface area contributed by atoms with Crippen molar-refractivity contribution in [1.29, 1.82) is 0 Å². The van der Waals surface area contributed by atoms with E-state index in [0.717, 1.165) is 5.56 Å². The maximum Gasteiger partial charge on any atom is 0.308 e. The Balaban J connectivity index is 2.43. The van der Waals surface area contributed by atoms with Gasteiger partial charge in [0.15, 0.2) is 0 Å². The lowest BCUT2D eigenvalue weighted by Gasteiger charge is -2.16. The Morgan fingerprint density at radius 3 is 2.41 bits per heavy atom. The summed E-state index contributed by atoms with van der Waals surface area (Å²) in [7, 11) is -2.96. The normalized spacial score (nSPS) is 14.3. The molecule has 0 N–H and O–H groups in total. The monoisotopic (exact) mass is 388 g/mol. The fourth-order valence-corrected chi connectivity index (χ4v) is 3.70. The fraction of sp³-hybridized carbons (Fsp3) is 0.350. The Hall–Kier alpha value is -2.54. The van der Waals surface area contributed by atoms with Crippen LogP contribution in [0.2, 0.25) is 0 Å². The average Bonchev–Trinajstić information content (AvgIpc) is 2.61. The molecule has 0 saturated carbocycles. The number of pyridine rings is 1. The molecule has 2 atom stereocenters. The second-order valence-corrected chi connectivity index (χ2v) is 8.87. The van der Waals surface area contributed by atoms with Gasteiger partial charge in [0.2, 0.25) is 0 Å². The Bertz CT molecular complexity index is 961. The fourth-order valence-electron chi connectivity index (χ4n) is 2.51. The van der Waals surface area contributed by atoms with Gasteiger partial charge in [-0.3, -0.25) is 9.59 Å². The minimum absolute atomic E-state index is 0.239. The third kappa shape index (κ3) is 5.23. The van der Waals surface area contributed by atoms with Gasteiger partial charge in [0.05, 0.1) is 15.6 Å². The van der Waals surface area contributed by atoms with Crippen molar-refractivity contribution in [3.8, 4) is 5.75 Å². The number of nitrogens with zero attached hydrogens (tertiary/aromatic N) is 2. The highest BCUT2D eigenvalue weighted by atomic mass is 32.2. The SMILES string of the molecule is CC(=O)Oc1cc(C(C)C)ccc1C(C)C(=O)N=S(C)(=O)c1ccccn1. The number of benzene rings is 1. The molecule has 0 radical (unpaired) electrons. The van der Waals surface area contributed by atoms with E-state index in [1.165, 1.54) is 19.4 Å². The summed E-state index contributed by atoms with van der Waals surface area (Å²) in [6.07, 6.45) is 2.89. The molecular weight excluding hydrogens is 364 g/mol. The number of carbonyl (C=O) groups excluding carboxylic acids is 2. The molecule has 1 amide bonds. The van der Waals surface area contributed by atoms with E-state index >= 15 is 0 Å². The van der Waals surface area contributed by atoms with Gasteiger partial charge >= 0.3 is 5.97 Å². The highest BCUT2D eigenvalue weighted by molar-refractivity contribution is 7.93. The number of ether oxygens (including phenoxy) is 1. The molecule has 0 aliphatic heterocycles. The second kappa shape index (κ2) is 8.43. The molecule has 27 heavy (non-hydrogen) atoms. The molecule has 0 saturated heterocycles. The molecule has 1 aromatic carbocycles. The number of amides is 1. The summed E-state index contributed by atoms with van der Waals surface area (Å²) >= 11 is 0. The summed E-state index contributed by atoms with van der Waals surface area (Å²) in [5.41, 5.74) is 1.51. The second-order valence-electron chi connectivity index (χ2n) is 6.67. The van der Waals surface area contributed by atoms with Crippen molar-refractivity contribution in [1.82, 2.24) is 4.98 Å². The van der Waals surface area contributed by atoms with Crippen LogP contribution in [0.5, 0.6) is 5.75 Å². The maximum atomic E-state index is 12.8. The first-order valence-electron chi connectivity index (χ1n) is 8.61. The zero-order chi connectivity index (χ0) is 20.2. The first kappa shape index (κ1) is 20.8. The van der Waals surface area contributed by atoms with Gasteiger partial charge in [-0.2, -0.15) is 4.36 Å². The Morgan fingerprint density at radius 2 is 1.85 bits per heavy atom. The van der Waals surface area contributed by atoms with E-state index < -0.39 is 27.5 Å². The van der Waals surface area contributed by atoms with Crippen LogP contribution in [0.25, 0.3) is 0 Å². The first-order valence-corrected chi connectivity index (χ1v) is 10.5. The third-order valence-electron chi connectivity index (χ3n) is 4.08. The highest BCUT2D eigenvalue weighted by Gasteiger charge is 2.23. The number of hydrogen-bond donors (Lipinski definition) is 0. The largest absolute Gasteiger partial charge is 0.426 e. The minimum atomic E-state index is -2.96. The topological polar surface area (TPSA) is 85.7 Å². The van der Waals surface area contributed by atoms with Crippen molar-refractivity contribution in [2.75, 3.05) is 6.26 Å². The van der Waals surface area contributed by atoms with Gasteiger partial charge in [0, 0.05) is 24.9 Å². The van der Waals surface area contributed by atoms with E-state index in [2.05, 4.69) is 9.35 Å². The summed E-state index contributed by atoms with van der Waals surface area (Å²) < 4.78 is 22.0. The molecule has 2 unspecified atom stereocenters. The summed E-state index contributed by atoms with van der Waals surface area (Å²) in [5.74, 6) is -1.18. The van der Waals surface area contributed by atoms with Crippen LogP contribution in [0.3, 0.4) is 0 Å². The number of esters is 1. The van der Waals surface area contributed by atoms with Crippen LogP contribution in [-0.4, -0.2) is 27.3 Å². The van der Waals surface area contributed by atoms with Crippen LogP contribution in [-0.2, 0) is 19.3 Å². The van der Waals surface area contributed by atoms with Crippen LogP contribution in [0.4, 0.5) is 0 Å². The quantitative estimate of drug-likeness (QED) is 0.572. The van der Waals surface area contributed by atoms with Gasteiger partial charge in [-0.25, -0.2) is 9.19 Å². The van der Waals surface area contributed by atoms with E-state index in [1.54, 1.807) is 37.3 Å². The van der Waals surface area contributed by atoms with Crippen molar-refractivity contribution in [3.63, 3.8) is 0 Å². The summed E-state index contributed by atoms with van der Waals surface area (Å²) in [4.78, 5) is 28.2. The lowest BCUT2D eigenvalue weighted by atomic mass is 9.95. The standard InChI is InChI=1S/C20H24N2O4S/c1-13(2)16-9-10-17(18(12-16)26-15(4)23)14(3)20(24)22-27(5,25)19-8-6-7-11-21-19/h6-14H,1-5H3. The van der Waals surface area contributed by atoms with Gasteiger partial charge in [-0.15, -0.1) is 0 Å². The van der Waals surface area contributed by atoms with Crippen LogP contribution < -0.4 is 4.74 Å². The lowest BCUT2D eigenvalue weighted by Crippen LogP contribution is -2.13. The summed E-state index contributed by atoms with van der Waals surface area (Å²) in [6, 6.07) is 10.4. The summed E-state index contributed by atoms with van der Waals surface area (Å²) in [5, 5.41) is 0.251. The van der Waals surface area contributed by atoms with Gasteiger partial charge < -0.3 is 4.74 Å². The van der Waals surface area contributed by atoms with Crippen LogP contribution >= 0.6 is 0 Å². The average molecular weight is 388 g/mol. The van der Waals surface area contributed by atoms with E-state index in [-0.39, 0.29) is 10.9 Å². The molecule has 0 fully saturated rings. The zero-order valence-electron chi connectivity index (χ0n) is 16.1. The number of rotatable bonds is 5. The Labute approximate surface area is 160 Å². The molecule has 0 aliphatic carbocycles. The molecule has 0 spiro atoms. The van der Waals surface area contributed by atoms with Gasteiger partial charge in [0.25, 0.3) is 5.91 Å². The van der Waals surface area contributed by atoms with Crippen LogP contribution in [0.15, 0.2) is 52.0 Å². The molecule has 2 aromatic rings. The van der Waals surface area contributed by atoms with Gasteiger partial charge in [0.1, 0.15) is 10.8 Å². The van der Waals surface area contributed by atoms with E-state index in [1.807, 2.05) is 19.9 Å². The third-order valence-corrected chi connectivity index (χ3v) is 5.63. The highest BCUT2D eigenvalue weighted by Crippen LogP contribution is 2.31. The number of hydrogen-bond acceptors (Lipinski definition) is 5. The zero-order valence-corrected chi connectivity index (χ0v) is 16.9. The molecular formula is C20H24N2O4S. The van der Waals surface area contributed by atoms with E-state index in [0.29, 0.717) is 11.3 Å². The number of carbonyl (C=O) groups is 2. The molecule has 2 rings (SSSR count). The smallest absolute Gasteiger partial charge is 0.308 e. The molecule has 144 valence electrons. The van der Waals surface area contributed by atoms with Crippen molar-refractivity contribution in [2.45, 2.75) is 44.6 Å². The van der Waals surface area contributed by atoms with E-state index in [4.69, 9.17) is 4.74 Å². The predicted molar refractivity (Wildman–Crippen MR) is 104 cm³/mol. The Kier molecular flexibility index (Phi) is 6.49. The predicted octanol–water partition coefficient (Wildman–Crippen LogP) is 3.92. The molecule has 0 bridgehead atoms. The molecule has 6 nitrogen and oxygen atoms in total. The first-order chi connectivity index (χ1) is 12.6.